The number of aliphatic hydroxyl groups excluding tert-OH is 1. The van der Waals surface area contributed by atoms with Crippen molar-refractivity contribution in [3.63, 3.8) is 0 Å². The highest BCUT2D eigenvalue weighted by Gasteiger charge is 2.67. The van der Waals surface area contributed by atoms with Crippen LogP contribution in [0.2, 0.25) is 0 Å². The smallest absolute Gasteiger partial charge is 0.334 e. The summed E-state index contributed by atoms with van der Waals surface area (Å²) >= 11 is 0. The average molecular weight is 382 g/mol. The summed E-state index contributed by atoms with van der Waals surface area (Å²) in [6.45, 7) is 7.76. The zero-order valence-corrected chi connectivity index (χ0v) is 15.8. The number of ether oxygens (including phenoxy) is 3. The number of carbonyl (C=O) groups excluding carboxylic acids is 3. The Morgan fingerprint density at radius 1 is 1.33 bits per heavy atom. The third-order valence-electron chi connectivity index (χ3n) is 6.38. The maximum absolute atomic E-state index is 12.1. The van der Waals surface area contributed by atoms with Gasteiger partial charge in [-0.3, -0.25) is 9.59 Å². The predicted octanol–water partition coefficient (Wildman–Crippen LogP) is 0.491. The molecule has 0 aromatic carbocycles. The third-order valence-corrected chi connectivity index (χ3v) is 6.38. The molecule has 150 valence electrons. The number of aliphatic hydroxyl groups is 2. The Morgan fingerprint density at radius 3 is 2.59 bits per heavy atom. The van der Waals surface area contributed by atoms with Crippen molar-refractivity contribution in [2.24, 2.45) is 17.3 Å². The van der Waals surface area contributed by atoms with E-state index in [2.05, 4.69) is 6.58 Å². The van der Waals surface area contributed by atoms with Crippen LogP contribution in [0.25, 0.3) is 0 Å². The summed E-state index contributed by atoms with van der Waals surface area (Å²) in [6, 6.07) is 0. The Balaban J connectivity index is 2.08. The van der Waals surface area contributed by atoms with E-state index in [9.17, 15) is 24.6 Å². The van der Waals surface area contributed by atoms with Crippen molar-refractivity contribution in [2.75, 3.05) is 6.61 Å². The molecule has 1 saturated heterocycles. The molecule has 0 aromatic heterocycles. The van der Waals surface area contributed by atoms with Gasteiger partial charge in [0.25, 0.3) is 0 Å². The lowest BCUT2D eigenvalue weighted by atomic mass is 9.50. The van der Waals surface area contributed by atoms with Gasteiger partial charge in [0.2, 0.25) is 0 Å². The van der Waals surface area contributed by atoms with Gasteiger partial charge in [0.1, 0.15) is 24.4 Å². The Morgan fingerprint density at radius 2 is 2.00 bits per heavy atom. The summed E-state index contributed by atoms with van der Waals surface area (Å²) in [5, 5.41) is 22.2. The van der Waals surface area contributed by atoms with E-state index in [0.29, 0.717) is 0 Å². The van der Waals surface area contributed by atoms with Gasteiger partial charge in [0, 0.05) is 30.8 Å². The van der Waals surface area contributed by atoms with Gasteiger partial charge in [-0.25, -0.2) is 4.79 Å². The van der Waals surface area contributed by atoms with E-state index in [4.69, 9.17) is 14.2 Å². The zero-order chi connectivity index (χ0) is 20.1. The molecule has 8 nitrogen and oxygen atoms in total. The van der Waals surface area contributed by atoms with Crippen molar-refractivity contribution >= 4 is 17.9 Å². The van der Waals surface area contributed by atoms with E-state index in [1.54, 1.807) is 6.92 Å². The number of hydrogen-bond acceptors (Lipinski definition) is 8. The van der Waals surface area contributed by atoms with E-state index < -0.39 is 59.1 Å². The lowest BCUT2D eigenvalue weighted by molar-refractivity contribution is -0.250. The van der Waals surface area contributed by atoms with Crippen molar-refractivity contribution in [1.29, 1.82) is 0 Å². The Kier molecular flexibility index (Phi) is 4.84. The Labute approximate surface area is 157 Å². The quantitative estimate of drug-likeness (QED) is 0.411. The molecular formula is C19H26O8. The first-order valence-corrected chi connectivity index (χ1v) is 9.10. The highest BCUT2D eigenvalue weighted by Crippen LogP contribution is 2.59. The second kappa shape index (κ2) is 6.60. The second-order valence-electron chi connectivity index (χ2n) is 8.19. The van der Waals surface area contributed by atoms with Crippen LogP contribution in [0.5, 0.6) is 0 Å². The molecule has 2 saturated carbocycles. The maximum Gasteiger partial charge on any atom is 0.334 e. The van der Waals surface area contributed by atoms with E-state index in [1.807, 2.05) is 0 Å². The molecule has 1 aliphatic heterocycles. The largest absolute Gasteiger partial charge is 0.463 e. The molecule has 7 atom stereocenters. The molecule has 3 aliphatic rings. The SMILES string of the molecule is C=C1C(=O)O[C@H]2C[C@@]3(C)[C@H](O)CC[C@@](O)(COC(C)=O)[C@@H]3[C@@H](OC(C)=O)[C@H]12. The summed E-state index contributed by atoms with van der Waals surface area (Å²) in [7, 11) is 0. The summed E-state index contributed by atoms with van der Waals surface area (Å²) in [4.78, 5) is 35.2. The van der Waals surface area contributed by atoms with Crippen LogP contribution >= 0.6 is 0 Å². The molecule has 0 amide bonds. The summed E-state index contributed by atoms with van der Waals surface area (Å²) in [6.07, 6.45) is -1.59. The molecule has 2 aliphatic carbocycles. The van der Waals surface area contributed by atoms with Gasteiger partial charge in [-0.05, 0) is 19.3 Å². The highest BCUT2D eigenvalue weighted by atomic mass is 16.6. The van der Waals surface area contributed by atoms with Crippen LogP contribution in [-0.4, -0.2) is 58.6 Å². The van der Waals surface area contributed by atoms with E-state index in [-0.39, 0.29) is 31.4 Å². The van der Waals surface area contributed by atoms with Crippen LogP contribution in [0.1, 0.15) is 40.0 Å². The standard InChI is InChI=1S/C19H26O8/c1-9-14-12(27-17(9)23)7-18(4)13(22)5-6-19(24,8-25-10(2)20)16(18)15(14)26-11(3)21/h12-16,22,24H,1,5-8H2,2-4H3/t12-,13+,14+,15-,16+,18-,19+/m0/s1. The van der Waals surface area contributed by atoms with Crippen molar-refractivity contribution in [3.8, 4) is 0 Å². The van der Waals surface area contributed by atoms with Gasteiger partial charge in [-0.2, -0.15) is 0 Å². The lowest BCUT2D eigenvalue weighted by Gasteiger charge is -2.59. The van der Waals surface area contributed by atoms with Gasteiger partial charge in [0.15, 0.2) is 0 Å². The number of fused-ring (bicyclic) bond motifs is 2. The first-order valence-electron chi connectivity index (χ1n) is 9.10. The monoisotopic (exact) mass is 382 g/mol. The minimum atomic E-state index is -1.52. The van der Waals surface area contributed by atoms with Gasteiger partial charge in [-0.15, -0.1) is 0 Å². The van der Waals surface area contributed by atoms with Crippen molar-refractivity contribution in [2.45, 2.75) is 63.9 Å². The maximum atomic E-state index is 12.1. The minimum Gasteiger partial charge on any atom is -0.463 e. The third kappa shape index (κ3) is 3.14. The highest BCUT2D eigenvalue weighted by molar-refractivity contribution is 5.91. The molecule has 8 heteroatoms. The van der Waals surface area contributed by atoms with Gasteiger partial charge in [0.05, 0.1) is 12.0 Å². The fraction of sp³-hybridized carbons (Fsp3) is 0.737. The fourth-order valence-electron chi connectivity index (χ4n) is 5.22. The predicted molar refractivity (Wildman–Crippen MR) is 91.1 cm³/mol. The topological polar surface area (TPSA) is 119 Å². The second-order valence-corrected chi connectivity index (χ2v) is 8.19. The molecule has 0 spiro atoms. The van der Waals surface area contributed by atoms with Crippen LogP contribution in [0.4, 0.5) is 0 Å². The minimum absolute atomic E-state index is 0.165. The van der Waals surface area contributed by atoms with Crippen LogP contribution in [0.3, 0.4) is 0 Å². The molecular weight excluding hydrogens is 356 g/mol. The summed E-state index contributed by atoms with van der Waals surface area (Å²) in [5.41, 5.74) is -2.24. The number of hydrogen-bond donors (Lipinski definition) is 2. The molecule has 0 radical (unpaired) electrons. The van der Waals surface area contributed by atoms with Crippen LogP contribution in [0, 0.1) is 17.3 Å². The molecule has 2 N–H and O–H groups in total. The molecule has 0 aromatic rings. The molecule has 3 rings (SSSR count). The normalized spacial score (nSPS) is 43.4. The van der Waals surface area contributed by atoms with Gasteiger partial charge >= 0.3 is 17.9 Å². The number of carbonyl (C=O) groups is 3. The van der Waals surface area contributed by atoms with Gasteiger partial charge < -0.3 is 24.4 Å². The Bertz CT molecular complexity index is 687. The Hall–Kier alpha value is -1.93. The van der Waals surface area contributed by atoms with E-state index in [1.165, 1.54) is 13.8 Å². The molecule has 27 heavy (non-hydrogen) atoms. The first-order chi connectivity index (χ1) is 12.5. The van der Waals surface area contributed by atoms with Crippen molar-refractivity contribution in [3.05, 3.63) is 12.2 Å². The number of esters is 3. The number of rotatable bonds is 3. The molecule has 1 heterocycles. The molecule has 3 fully saturated rings. The van der Waals surface area contributed by atoms with Crippen molar-refractivity contribution < 1.29 is 38.8 Å². The fourth-order valence-corrected chi connectivity index (χ4v) is 5.22. The molecule has 0 bridgehead atoms. The first kappa shape index (κ1) is 19.8. The van der Waals surface area contributed by atoms with Gasteiger partial charge in [-0.1, -0.05) is 13.5 Å². The van der Waals surface area contributed by atoms with E-state index in [0.717, 1.165) is 0 Å². The van der Waals surface area contributed by atoms with E-state index >= 15 is 0 Å². The summed E-state index contributed by atoms with van der Waals surface area (Å²) < 4.78 is 16.1. The average Bonchev–Trinajstić information content (AvgIpc) is 2.83. The van der Waals surface area contributed by atoms with Crippen molar-refractivity contribution in [1.82, 2.24) is 0 Å². The summed E-state index contributed by atoms with van der Waals surface area (Å²) in [5.74, 6) is -3.07. The van der Waals surface area contributed by atoms with Crippen LogP contribution in [-0.2, 0) is 28.6 Å². The molecule has 0 unspecified atom stereocenters. The lowest BCUT2D eigenvalue weighted by Crippen LogP contribution is -2.67. The van der Waals surface area contributed by atoms with Crippen LogP contribution in [0.15, 0.2) is 12.2 Å². The van der Waals surface area contributed by atoms with Crippen LogP contribution < -0.4 is 0 Å². The zero-order valence-electron chi connectivity index (χ0n) is 15.8.